The van der Waals surface area contributed by atoms with Crippen LogP contribution in [0.15, 0.2) is 30.3 Å². The van der Waals surface area contributed by atoms with Gasteiger partial charge < -0.3 is 10.4 Å². The smallest absolute Gasteiger partial charge is 0.330 e. The van der Waals surface area contributed by atoms with Crippen LogP contribution in [0.2, 0.25) is 0 Å². The Hall–Kier alpha value is -1.84. The number of amides is 1. The minimum Gasteiger partial charge on any atom is -0.479 e. The number of hydrogen-bond acceptors (Lipinski definition) is 2. The van der Waals surface area contributed by atoms with Crippen molar-refractivity contribution in [3.05, 3.63) is 35.9 Å². The fraction of sp³-hybridized carbons (Fsp3) is 0.467. The van der Waals surface area contributed by atoms with Gasteiger partial charge in [-0.05, 0) is 36.7 Å². The van der Waals surface area contributed by atoms with Crippen LogP contribution in [0.3, 0.4) is 0 Å². The topological polar surface area (TPSA) is 66.4 Å². The second-order valence-corrected chi connectivity index (χ2v) is 5.53. The van der Waals surface area contributed by atoms with E-state index in [1.165, 1.54) is 12.8 Å². The molecule has 0 aromatic heterocycles. The summed E-state index contributed by atoms with van der Waals surface area (Å²) in [6.45, 7) is 0. The average Bonchev–Trinajstić information content (AvgIpc) is 3.28. The maximum Gasteiger partial charge on any atom is 0.330 e. The molecule has 19 heavy (non-hydrogen) atoms. The monoisotopic (exact) mass is 259 g/mol. The van der Waals surface area contributed by atoms with Gasteiger partial charge in [-0.15, -0.1) is 0 Å². The predicted octanol–water partition coefficient (Wildman–Crippen LogP) is 1.97. The average molecular weight is 259 g/mol. The van der Waals surface area contributed by atoms with Crippen LogP contribution >= 0.6 is 0 Å². The molecule has 1 aromatic rings. The van der Waals surface area contributed by atoms with Crippen molar-refractivity contribution in [2.75, 3.05) is 0 Å². The maximum atomic E-state index is 12.1. The first-order chi connectivity index (χ1) is 9.16. The van der Waals surface area contributed by atoms with Crippen LogP contribution in [0.1, 0.15) is 30.9 Å². The molecule has 3 atom stereocenters. The number of carbonyl (C=O) groups is 2. The number of hydrogen-bond donors (Lipinski definition) is 2. The van der Waals surface area contributed by atoms with Crippen molar-refractivity contribution in [1.29, 1.82) is 0 Å². The molecule has 0 heterocycles. The normalized spacial score (nSPS) is 26.5. The summed E-state index contributed by atoms with van der Waals surface area (Å²) in [5, 5.41) is 11.9. The third kappa shape index (κ3) is 2.62. The zero-order valence-electron chi connectivity index (χ0n) is 10.6. The summed E-state index contributed by atoms with van der Waals surface area (Å²) in [5.41, 5.74) is 0.618. The van der Waals surface area contributed by atoms with Crippen LogP contribution in [-0.4, -0.2) is 17.0 Å². The summed E-state index contributed by atoms with van der Waals surface area (Å²) in [7, 11) is 0. The Morgan fingerprint density at radius 2 is 1.89 bits per heavy atom. The molecule has 0 spiro atoms. The zero-order chi connectivity index (χ0) is 13.4. The third-order valence-electron chi connectivity index (χ3n) is 4.07. The van der Waals surface area contributed by atoms with Gasteiger partial charge in [0.2, 0.25) is 5.91 Å². The molecule has 4 nitrogen and oxygen atoms in total. The van der Waals surface area contributed by atoms with Crippen LogP contribution in [-0.2, 0) is 9.59 Å². The zero-order valence-corrected chi connectivity index (χ0v) is 10.6. The summed E-state index contributed by atoms with van der Waals surface area (Å²) in [6, 6.07) is 7.90. The molecule has 0 bridgehead atoms. The molecule has 1 aromatic carbocycles. The lowest BCUT2D eigenvalue weighted by Crippen LogP contribution is -2.35. The van der Waals surface area contributed by atoms with Crippen molar-refractivity contribution in [2.45, 2.75) is 25.3 Å². The molecule has 100 valence electrons. The summed E-state index contributed by atoms with van der Waals surface area (Å²) >= 11 is 0. The largest absolute Gasteiger partial charge is 0.479 e. The third-order valence-corrected chi connectivity index (χ3v) is 4.07. The van der Waals surface area contributed by atoms with Crippen LogP contribution in [0.4, 0.5) is 0 Å². The number of carbonyl (C=O) groups excluding carboxylic acids is 1. The standard InChI is InChI=1S/C15H17NO3/c17-14(12-8-11(12)9-6-7-9)16-13(15(18)19)10-4-2-1-3-5-10/h1-5,9,11-13H,6-8H2,(H,16,17)(H,18,19)/t11?,12?,13-/m1/s1. The van der Waals surface area contributed by atoms with E-state index < -0.39 is 12.0 Å². The Kier molecular flexibility index (Phi) is 3.01. The molecule has 0 radical (unpaired) electrons. The van der Waals surface area contributed by atoms with E-state index in [1.807, 2.05) is 6.07 Å². The van der Waals surface area contributed by atoms with Crippen molar-refractivity contribution in [3.8, 4) is 0 Å². The van der Waals surface area contributed by atoms with E-state index in [9.17, 15) is 14.7 Å². The van der Waals surface area contributed by atoms with Crippen LogP contribution in [0.5, 0.6) is 0 Å². The Balaban J connectivity index is 1.65. The molecule has 0 aliphatic heterocycles. The molecule has 3 rings (SSSR count). The Morgan fingerprint density at radius 3 is 2.47 bits per heavy atom. The first-order valence-electron chi connectivity index (χ1n) is 6.75. The number of nitrogens with one attached hydrogen (secondary N) is 1. The van der Waals surface area contributed by atoms with E-state index in [2.05, 4.69) is 5.32 Å². The van der Waals surface area contributed by atoms with Crippen molar-refractivity contribution in [2.24, 2.45) is 17.8 Å². The second kappa shape index (κ2) is 4.68. The number of carboxylic acids is 1. The first-order valence-corrected chi connectivity index (χ1v) is 6.75. The van der Waals surface area contributed by atoms with E-state index in [1.54, 1.807) is 24.3 Å². The Morgan fingerprint density at radius 1 is 1.21 bits per heavy atom. The number of carboxylic acid groups (broad SMARTS) is 1. The quantitative estimate of drug-likeness (QED) is 0.849. The molecule has 4 heteroatoms. The van der Waals surface area contributed by atoms with Gasteiger partial charge in [-0.1, -0.05) is 30.3 Å². The van der Waals surface area contributed by atoms with Crippen molar-refractivity contribution in [3.63, 3.8) is 0 Å². The Bertz CT molecular complexity index is 495. The molecule has 1 amide bonds. The molecular weight excluding hydrogens is 242 g/mol. The highest BCUT2D eigenvalue weighted by Gasteiger charge is 2.51. The maximum absolute atomic E-state index is 12.1. The molecule has 2 fully saturated rings. The van der Waals surface area contributed by atoms with Gasteiger partial charge >= 0.3 is 5.97 Å². The molecule has 2 unspecified atom stereocenters. The molecule has 2 saturated carbocycles. The van der Waals surface area contributed by atoms with Gasteiger partial charge in [0.15, 0.2) is 6.04 Å². The van der Waals surface area contributed by atoms with E-state index in [-0.39, 0.29) is 11.8 Å². The van der Waals surface area contributed by atoms with Crippen LogP contribution < -0.4 is 5.32 Å². The van der Waals surface area contributed by atoms with Gasteiger partial charge in [0.05, 0.1) is 0 Å². The van der Waals surface area contributed by atoms with Crippen molar-refractivity contribution >= 4 is 11.9 Å². The highest BCUT2D eigenvalue weighted by Crippen LogP contribution is 2.54. The Labute approximate surface area is 111 Å². The van der Waals surface area contributed by atoms with Crippen molar-refractivity contribution in [1.82, 2.24) is 5.32 Å². The lowest BCUT2D eigenvalue weighted by Gasteiger charge is -2.14. The highest BCUT2D eigenvalue weighted by atomic mass is 16.4. The lowest BCUT2D eigenvalue weighted by atomic mass is 10.1. The molecular formula is C15H17NO3. The number of benzene rings is 1. The lowest BCUT2D eigenvalue weighted by molar-refractivity contribution is -0.142. The fourth-order valence-electron chi connectivity index (χ4n) is 2.74. The summed E-state index contributed by atoms with van der Waals surface area (Å²) < 4.78 is 0. The van der Waals surface area contributed by atoms with Gasteiger partial charge in [0.25, 0.3) is 0 Å². The first kappa shape index (κ1) is 12.2. The van der Waals surface area contributed by atoms with Gasteiger partial charge in [-0.2, -0.15) is 0 Å². The van der Waals surface area contributed by atoms with E-state index >= 15 is 0 Å². The molecule has 2 aliphatic carbocycles. The van der Waals surface area contributed by atoms with Crippen LogP contribution in [0.25, 0.3) is 0 Å². The van der Waals surface area contributed by atoms with Gasteiger partial charge in [0.1, 0.15) is 0 Å². The fourth-order valence-corrected chi connectivity index (χ4v) is 2.74. The van der Waals surface area contributed by atoms with Gasteiger partial charge in [0, 0.05) is 5.92 Å². The summed E-state index contributed by atoms with van der Waals surface area (Å²) in [6.07, 6.45) is 3.39. The minimum atomic E-state index is -1.01. The predicted molar refractivity (Wildman–Crippen MR) is 69.3 cm³/mol. The van der Waals surface area contributed by atoms with Gasteiger partial charge in [-0.25, -0.2) is 4.79 Å². The summed E-state index contributed by atoms with van der Waals surface area (Å²) in [5.74, 6) is 0.148. The summed E-state index contributed by atoms with van der Waals surface area (Å²) in [4.78, 5) is 23.4. The minimum absolute atomic E-state index is 0.0399. The van der Waals surface area contributed by atoms with E-state index in [4.69, 9.17) is 0 Å². The van der Waals surface area contributed by atoms with E-state index in [0.29, 0.717) is 11.5 Å². The van der Waals surface area contributed by atoms with E-state index in [0.717, 1.165) is 12.3 Å². The number of aliphatic carboxylic acids is 1. The molecule has 2 N–H and O–H groups in total. The SMILES string of the molecule is O=C(N[C@@H](C(=O)O)c1ccccc1)C1CC1C1CC1. The van der Waals surface area contributed by atoms with Gasteiger partial charge in [-0.3, -0.25) is 4.79 Å². The molecule has 0 saturated heterocycles. The van der Waals surface area contributed by atoms with Crippen molar-refractivity contribution < 1.29 is 14.7 Å². The molecule has 2 aliphatic rings. The highest BCUT2D eigenvalue weighted by molar-refractivity contribution is 5.87. The van der Waals surface area contributed by atoms with Crippen LogP contribution in [0, 0.1) is 17.8 Å². The number of rotatable bonds is 5. The second-order valence-electron chi connectivity index (χ2n) is 5.53.